The number of hydrogen-bond donors (Lipinski definition) is 4. The second-order valence-electron chi connectivity index (χ2n) is 7.37. The van der Waals surface area contributed by atoms with Crippen molar-refractivity contribution in [3.8, 4) is 11.5 Å². The van der Waals surface area contributed by atoms with Crippen LogP contribution < -0.4 is 26.6 Å². The normalized spacial score (nSPS) is 13.1. The van der Waals surface area contributed by atoms with Crippen LogP contribution >= 0.6 is 0 Å². The van der Waals surface area contributed by atoms with Gasteiger partial charge in [-0.05, 0) is 29.8 Å². The number of aromatic hydroxyl groups is 1. The molecule has 146 valence electrons. The maximum Gasteiger partial charge on any atom is 0.272 e. The van der Waals surface area contributed by atoms with Gasteiger partial charge in [-0.1, -0.05) is 26.8 Å². The Hall–Kier alpha value is -3.55. The molecule has 0 radical (unpaired) electrons. The molecule has 8 nitrogen and oxygen atoms in total. The fraction of sp³-hybridized carbons (Fsp3) is 0.250. The summed E-state index contributed by atoms with van der Waals surface area (Å²) in [6, 6.07) is 4.67. The highest BCUT2D eigenvalue weighted by Gasteiger charge is 2.19. The number of H-pyrrole nitrogens is 3. The molecular weight excluding hydrogens is 360 g/mol. The van der Waals surface area contributed by atoms with E-state index in [9.17, 15) is 14.7 Å². The summed E-state index contributed by atoms with van der Waals surface area (Å²) in [5, 5.41) is 10.0. The van der Waals surface area contributed by atoms with Crippen LogP contribution in [0.4, 0.5) is 0 Å². The van der Waals surface area contributed by atoms with Crippen molar-refractivity contribution in [1.29, 1.82) is 0 Å². The van der Waals surface area contributed by atoms with Crippen LogP contribution in [0.3, 0.4) is 0 Å². The van der Waals surface area contributed by atoms with Crippen molar-refractivity contribution in [1.82, 2.24) is 19.9 Å². The molecule has 0 saturated heterocycles. The van der Waals surface area contributed by atoms with Crippen molar-refractivity contribution in [2.75, 3.05) is 7.11 Å². The van der Waals surface area contributed by atoms with Gasteiger partial charge >= 0.3 is 0 Å². The molecule has 4 N–H and O–H groups in total. The van der Waals surface area contributed by atoms with Gasteiger partial charge in [0.1, 0.15) is 10.7 Å². The first-order valence-corrected chi connectivity index (χ1v) is 8.66. The number of aromatic nitrogens is 4. The number of benzene rings is 1. The van der Waals surface area contributed by atoms with E-state index >= 15 is 0 Å². The minimum absolute atomic E-state index is 0.0618. The summed E-state index contributed by atoms with van der Waals surface area (Å²) in [4.78, 5) is 37.3. The van der Waals surface area contributed by atoms with Crippen LogP contribution in [-0.2, 0) is 5.41 Å². The molecule has 0 amide bonds. The highest BCUT2D eigenvalue weighted by atomic mass is 16.5. The van der Waals surface area contributed by atoms with Crippen LogP contribution in [0.15, 0.2) is 34.1 Å². The number of hydrogen-bond acceptors (Lipinski definition) is 5. The van der Waals surface area contributed by atoms with E-state index in [-0.39, 0.29) is 21.9 Å². The zero-order valence-electron chi connectivity index (χ0n) is 16.1. The number of methoxy groups -OCH3 is 1. The fourth-order valence-electron chi connectivity index (χ4n) is 2.81. The molecule has 8 heteroatoms. The Morgan fingerprint density at radius 1 is 1.07 bits per heavy atom. The Morgan fingerprint density at radius 2 is 1.71 bits per heavy atom. The van der Waals surface area contributed by atoms with Crippen LogP contribution in [-0.4, -0.2) is 32.2 Å². The maximum atomic E-state index is 12.5. The van der Waals surface area contributed by atoms with E-state index in [2.05, 4.69) is 19.9 Å². The molecule has 3 aromatic rings. The highest BCUT2D eigenvalue weighted by molar-refractivity contribution is 5.54. The predicted molar refractivity (Wildman–Crippen MR) is 106 cm³/mol. The minimum atomic E-state index is -0.464. The molecule has 0 aliphatic heterocycles. The number of nitrogens with zero attached hydrogens (tertiary/aromatic N) is 1. The highest BCUT2D eigenvalue weighted by Crippen LogP contribution is 2.26. The summed E-state index contributed by atoms with van der Waals surface area (Å²) in [7, 11) is 1.44. The van der Waals surface area contributed by atoms with E-state index in [0.717, 1.165) is 5.69 Å². The summed E-state index contributed by atoms with van der Waals surface area (Å²) in [5.41, 5.74) is 0.876. The van der Waals surface area contributed by atoms with E-state index in [4.69, 9.17) is 4.74 Å². The van der Waals surface area contributed by atoms with Gasteiger partial charge in [0.25, 0.3) is 11.1 Å². The average Bonchev–Trinajstić information content (AvgIpc) is 3.08. The summed E-state index contributed by atoms with van der Waals surface area (Å²) in [5.74, 6) is 0.256. The number of aromatic amines is 3. The van der Waals surface area contributed by atoms with Gasteiger partial charge in [-0.2, -0.15) is 0 Å². The van der Waals surface area contributed by atoms with Gasteiger partial charge in [-0.25, -0.2) is 4.98 Å². The van der Waals surface area contributed by atoms with Crippen molar-refractivity contribution in [3.05, 3.63) is 72.9 Å². The van der Waals surface area contributed by atoms with Crippen LogP contribution in [0.25, 0.3) is 12.2 Å². The smallest absolute Gasteiger partial charge is 0.272 e. The third-order valence-corrected chi connectivity index (χ3v) is 4.20. The summed E-state index contributed by atoms with van der Waals surface area (Å²) in [6.07, 6.45) is 4.57. The fourth-order valence-corrected chi connectivity index (χ4v) is 2.81. The maximum absolute atomic E-state index is 12.5. The molecule has 0 aliphatic rings. The molecule has 0 bridgehead atoms. The van der Waals surface area contributed by atoms with E-state index in [1.807, 2.05) is 20.8 Å². The lowest BCUT2D eigenvalue weighted by Crippen LogP contribution is -2.46. The SMILES string of the molecule is COc1ccc(/C=c2/[nH]c(=O)/c(=C\c3nc[nH]c3C(C)(C)C)[nH]c2=O)cc1O. The first-order chi connectivity index (χ1) is 13.2. The number of imidazole rings is 1. The Kier molecular flexibility index (Phi) is 4.96. The average molecular weight is 382 g/mol. The van der Waals surface area contributed by atoms with Gasteiger partial charge in [0, 0.05) is 11.1 Å². The van der Waals surface area contributed by atoms with Gasteiger partial charge in [0.15, 0.2) is 11.5 Å². The Balaban J connectivity index is 2.10. The monoisotopic (exact) mass is 382 g/mol. The quantitative estimate of drug-likeness (QED) is 0.524. The lowest BCUT2D eigenvalue weighted by molar-refractivity contribution is 0.373. The zero-order chi connectivity index (χ0) is 20.5. The Bertz CT molecular complexity index is 1240. The number of ether oxygens (including phenoxy) is 1. The summed E-state index contributed by atoms with van der Waals surface area (Å²) in [6.45, 7) is 6.06. The molecular formula is C20H22N4O4. The lowest BCUT2D eigenvalue weighted by atomic mass is 9.90. The van der Waals surface area contributed by atoms with Gasteiger partial charge in [-0.3, -0.25) is 9.59 Å². The zero-order valence-corrected chi connectivity index (χ0v) is 16.1. The molecule has 3 rings (SSSR count). The lowest BCUT2D eigenvalue weighted by Gasteiger charge is -2.16. The Morgan fingerprint density at radius 3 is 2.29 bits per heavy atom. The second kappa shape index (κ2) is 7.22. The van der Waals surface area contributed by atoms with Crippen molar-refractivity contribution in [2.45, 2.75) is 26.2 Å². The largest absolute Gasteiger partial charge is 0.504 e. The first-order valence-electron chi connectivity index (χ1n) is 8.66. The van der Waals surface area contributed by atoms with E-state index in [1.54, 1.807) is 24.5 Å². The summed E-state index contributed by atoms with van der Waals surface area (Å²) < 4.78 is 4.99. The minimum Gasteiger partial charge on any atom is -0.504 e. The molecule has 28 heavy (non-hydrogen) atoms. The summed E-state index contributed by atoms with van der Waals surface area (Å²) >= 11 is 0. The van der Waals surface area contributed by atoms with Gasteiger partial charge < -0.3 is 24.8 Å². The van der Waals surface area contributed by atoms with Gasteiger partial charge in [0.05, 0.1) is 19.1 Å². The molecule has 0 spiro atoms. The molecule has 0 atom stereocenters. The van der Waals surface area contributed by atoms with Crippen LogP contribution in [0.5, 0.6) is 11.5 Å². The molecule has 0 fully saturated rings. The van der Waals surface area contributed by atoms with Crippen molar-refractivity contribution in [2.24, 2.45) is 0 Å². The molecule has 2 aromatic heterocycles. The second-order valence-corrected chi connectivity index (χ2v) is 7.37. The molecule has 1 aromatic carbocycles. The number of phenolic OH excluding ortho intramolecular Hbond substituents is 1. The van der Waals surface area contributed by atoms with Crippen molar-refractivity contribution < 1.29 is 9.84 Å². The van der Waals surface area contributed by atoms with Crippen molar-refractivity contribution >= 4 is 12.2 Å². The number of nitrogens with one attached hydrogen (secondary N) is 3. The molecule has 0 saturated carbocycles. The first kappa shape index (κ1) is 19.2. The molecule has 0 unspecified atom stereocenters. The van der Waals surface area contributed by atoms with E-state index < -0.39 is 11.1 Å². The van der Waals surface area contributed by atoms with Crippen LogP contribution in [0.1, 0.15) is 37.7 Å². The number of rotatable bonds is 3. The number of phenols is 1. The van der Waals surface area contributed by atoms with Gasteiger partial charge in [-0.15, -0.1) is 0 Å². The van der Waals surface area contributed by atoms with E-state index in [1.165, 1.54) is 19.3 Å². The van der Waals surface area contributed by atoms with Crippen LogP contribution in [0, 0.1) is 0 Å². The molecule has 2 heterocycles. The third kappa shape index (κ3) is 3.90. The topological polar surface area (TPSA) is 124 Å². The van der Waals surface area contributed by atoms with Crippen molar-refractivity contribution in [3.63, 3.8) is 0 Å². The third-order valence-electron chi connectivity index (χ3n) is 4.20. The van der Waals surface area contributed by atoms with Gasteiger partial charge in [0.2, 0.25) is 0 Å². The van der Waals surface area contributed by atoms with E-state index in [0.29, 0.717) is 17.0 Å². The predicted octanol–water partition coefficient (Wildman–Crippen LogP) is 0.456. The molecule has 0 aliphatic carbocycles. The van der Waals surface area contributed by atoms with Crippen LogP contribution in [0.2, 0.25) is 0 Å². The Labute approximate surface area is 160 Å². The standard InChI is InChI=1S/C20H22N4O4/c1-20(2,3)17-12(21-10-22-17)9-14-19(27)23-13(18(26)24-14)7-11-5-6-16(28-4)15(25)8-11/h5-10,25H,1-4H3,(H,21,22)(H,23,27)(H,24,26)/b13-7+,14-9+.